The summed E-state index contributed by atoms with van der Waals surface area (Å²) in [5.41, 5.74) is 0. The third-order valence-electron chi connectivity index (χ3n) is 2.89. The number of methoxy groups -OCH3 is 1. The Morgan fingerprint density at radius 1 is 1.47 bits per heavy atom. The van der Waals surface area contributed by atoms with E-state index >= 15 is 0 Å². The lowest BCUT2D eigenvalue weighted by Gasteiger charge is -2.28. The third kappa shape index (κ3) is 3.54. The summed E-state index contributed by atoms with van der Waals surface area (Å²) >= 11 is 0. The normalized spacial score (nSPS) is 15.7. The van der Waals surface area contributed by atoms with Gasteiger partial charge in [-0.2, -0.15) is 0 Å². The molecule has 0 saturated carbocycles. The van der Waals surface area contributed by atoms with E-state index < -0.39 is 0 Å². The van der Waals surface area contributed by atoms with E-state index in [0.717, 1.165) is 37.9 Å². The molecular weight excluding hydrogens is 242 g/mol. The number of hydrogen-bond acceptors (Lipinski definition) is 5. The highest BCUT2D eigenvalue weighted by Gasteiger charge is 2.17. The van der Waals surface area contributed by atoms with Gasteiger partial charge in [-0.05, 0) is 0 Å². The molecule has 5 nitrogen and oxygen atoms in total. The molecule has 5 heteroatoms. The van der Waals surface area contributed by atoms with E-state index in [2.05, 4.69) is 21.4 Å². The van der Waals surface area contributed by atoms with E-state index in [1.165, 1.54) is 0 Å². The number of nitrogens with zero attached hydrogens (tertiary/aromatic N) is 3. The molecule has 0 bridgehead atoms. The summed E-state index contributed by atoms with van der Waals surface area (Å²) in [6, 6.07) is 0. The summed E-state index contributed by atoms with van der Waals surface area (Å²) in [6.07, 6.45) is 8.04. The lowest BCUT2D eigenvalue weighted by molar-refractivity contribution is 0.122. The standard InChI is InChI=1S/C14H19N3O2/c1-3-4-5-6-13-15-11-12(18-2)14(16-13)17-7-9-19-10-8-17/h3-5,11H,1,6-10H2,2H3/b5-4-. The number of rotatable bonds is 5. The van der Waals surface area contributed by atoms with E-state index in [4.69, 9.17) is 9.47 Å². The maximum atomic E-state index is 5.36. The molecule has 2 rings (SSSR count). The van der Waals surface area contributed by atoms with Crippen LogP contribution in [0, 0.1) is 0 Å². The lowest BCUT2D eigenvalue weighted by Crippen LogP contribution is -2.37. The summed E-state index contributed by atoms with van der Waals surface area (Å²) in [6.45, 7) is 6.74. The molecule has 0 amide bonds. The Balaban J connectivity index is 2.19. The molecule has 1 aromatic rings. The van der Waals surface area contributed by atoms with Crippen LogP contribution in [-0.4, -0.2) is 43.4 Å². The van der Waals surface area contributed by atoms with Crippen LogP contribution < -0.4 is 9.64 Å². The smallest absolute Gasteiger partial charge is 0.179 e. The number of allylic oxidation sites excluding steroid dienone is 3. The first-order chi connectivity index (χ1) is 9.35. The quantitative estimate of drug-likeness (QED) is 0.754. The summed E-state index contributed by atoms with van der Waals surface area (Å²) in [5.74, 6) is 2.33. The number of morpholine rings is 1. The molecule has 0 aliphatic carbocycles. The van der Waals surface area contributed by atoms with E-state index in [9.17, 15) is 0 Å². The van der Waals surface area contributed by atoms with Crippen LogP contribution in [0.15, 0.2) is 31.0 Å². The van der Waals surface area contributed by atoms with Crippen LogP contribution in [0.5, 0.6) is 5.75 Å². The van der Waals surface area contributed by atoms with Crippen molar-refractivity contribution in [3.05, 3.63) is 36.8 Å². The summed E-state index contributed by atoms with van der Waals surface area (Å²) in [4.78, 5) is 11.1. The van der Waals surface area contributed by atoms with Crippen LogP contribution in [-0.2, 0) is 11.2 Å². The Bertz CT molecular complexity index is 454. The summed E-state index contributed by atoms with van der Waals surface area (Å²) in [5, 5.41) is 0. The van der Waals surface area contributed by atoms with Crippen LogP contribution in [0.2, 0.25) is 0 Å². The Labute approximate surface area is 113 Å². The zero-order chi connectivity index (χ0) is 13.5. The maximum absolute atomic E-state index is 5.36. The molecule has 1 aliphatic rings. The molecule has 102 valence electrons. The summed E-state index contributed by atoms with van der Waals surface area (Å²) in [7, 11) is 1.64. The minimum atomic E-state index is 0.688. The first-order valence-electron chi connectivity index (χ1n) is 6.35. The van der Waals surface area contributed by atoms with E-state index in [-0.39, 0.29) is 0 Å². The van der Waals surface area contributed by atoms with Gasteiger partial charge in [-0.3, -0.25) is 0 Å². The summed E-state index contributed by atoms with van der Waals surface area (Å²) < 4.78 is 10.7. The zero-order valence-corrected chi connectivity index (χ0v) is 11.2. The fourth-order valence-electron chi connectivity index (χ4n) is 1.91. The van der Waals surface area contributed by atoms with Gasteiger partial charge in [-0.15, -0.1) is 0 Å². The fourth-order valence-corrected chi connectivity index (χ4v) is 1.91. The number of anilines is 1. The van der Waals surface area contributed by atoms with Crippen molar-refractivity contribution in [3.63, 3.8) is 0 Å². The largest absolute Gasteiger partial charge is 0.491 e. The van der Waals surface area contributed by atoms with Crippen molar-refractivity contribution in [2.45, 2.75) is 6.42 Å². The molecule has 0 N–H and O–H groups in total. The first-order valence-corrected chi connectivity index (χ1v) is 6.35. The SMILES string of the molecule is C=C/C=C\Cc1ncc(OC)c(N2CCOCC2)n1. The minimum Gasteiger partial charge on any atom is -0.491 e. The highest BCUT2D eigenvalue weighted by molar-refractivity contribution is 5.51. The highest BCUT2D eigenvalue weighted by atomic mass is 16.5. The van der Waals surface area contributed by atoms with Gasteiger partial charge in [-0.1, -0.05) is 24.8 Å². The molecule has 0 radical (unpaired) electrons. The van der Waals surface area contributed by atoms with Crippen molar-refractivity contribution < 1.29 is 9.47 Å². The van der Waals surface area contributed by atoms with Crippen molar-refractivity contribution in [1.29, 1.82) is 0 Å². The minimum absolute atomic E-state index is 0.688. The lowest BCUT2D eigenvalue weighted by atomic mass is 10.3. The Kier molecular flexibility index (Phi) is 4.92. The second-order valence-corrected chi connectivity index (χ2v) is 4.15. The van der Waals surface area contributed by atoms with Crippen molar-refractivity contribution >= 4 is 5.82 Å². The second kappa shape index (κ2) is 6.89. The van der Waals surface area contributed by atoms with Crippen LogP contribution in [0.1, 0.15) is 5.82 Å². The van der Waals surface area contributed by atoms with Gasteiger partial charge < -0.3 is 14.4 Å². The molecular formula is C14H19N3O2. The molecule has 2 heterocycles. The van der Waals surface area contributed by atoms with Crippen LogP contribution in [0.4, 0.5) is 5.82 Å². The molecule has 1 aromatic heterocycles. The topological polar surface area (TPSA) is 47.5 Å². The molecule has 0 unspecified atom stereocenters. The highest BCUT2D eigenvalue weighted by Crippen LogP contribution is 2.25. The van der Waals surface area contributed by atoms with Gasteiger partial charge in [-0.25, -0.2) is 9.97 Å². The monoisotopic (exact) mass is 261 g/mol. The average Bonchev–Trinajstić information content (AvgIpc) is 2.48. The van der Waals surface area contributed by atoms with Gasteiger partial charge in [0, 0.05) is 19.5 Å². The van der Waals surface area contributed by atoms with E-state index in [1.807, 2.05) is 12.2 Å². The van der Waals surface area contributed by atoms with Gasteiger partial charge in [0.15, 0.2) is 11.6 Å². The predicted octanol–water partition coefficient (Wildman–Crippen LogP) is 1.61. The van der Waals surface area contributed by atoms with Crippen LogP contribution in [0.25, 0.3) is 0 Å². The Morgan fingerprint density at radius 2 is 2.26 bits per heavy atom. The van der Waals surface area contributed by atoms with Crippen molar-refractivity contribution in [2.24, 2.45) is 0 Å². The van der Waals surface area contributed by atoms with Crippen LogP contribution in [0.3, 0.4) is 0 Å². The molecule has 1 aliphatic heterocycles. The third-order valence-corrected chi connectivity index (χ3v) is 2.89. The zero-order valence-electron chi connectivity index (χ0n) is 11.2. The Morgan fingerprint density at radius 3 is 2.95 bits per heavy atom. The number of hydrogen-bond donors (Lipinski definition) is 0. The van der Waals surface area contributed by atoms with E-state index in [1.54, 1.807) is 19.4 Å². The van der Waals surface area contributed by atoms with Crippen molar-refractivity contribution in [1.82, 2.24) is 9.97 Å². The number of ether oxygens (including phenoxy) is 2. The van der Waals surface area contributed by atoms with Gasteiger partial charge in [0.2, 0.25) is 0 Å². The Hall–Kier alpha value is -1.88. The van der Waals surface area contributed by atoms with Gasteiger partial charge in [0.25, 0.3) is 0 Å². The van der Waals surface area contributed by atoms with Gasteiger partial charge >= 0.3 is 0 Å². The van der Waals surface area contributed by atoms with Crippen molar-refractivity contribution in [3.8, 4) is 5.75 Å². The molecule has 1 saturated heterocycles. The fraction of sp³-hybridized carbons (Fsp3) is 0.429. The number of aromatic nitrogens is 2. The second-order valence-electron chi connectivity index (χ2n) is 4.15. The molecule has 0 spiro atoms. The molecule has 0 atom stereocenters. The van der Waals surface area contributed by atoms with Gasteiger partial charge in [0.05, 0.1) is 26.5 Å². The molecule has 1 fully saturated rings. The molecule has 0 aromatic carbocycles. The van der Waals surface area contributed by atoms with E-state index in [0.29, 0.717) is 12.2 Å². The van der Waals surface area contributed by atoms with Crippen molar-refractivity contribution in [2.75, 3.05) is 38.3 Å². The maximum Gasteiger partial charge on any atom is 0.179 e. The predicted molar refractivity (Wildman–Crippen MR) is 74.7 cm³/mol. The first kappa shape index (κ1) is 13.5. The van der Waals surface area contributed by atoms with Gasteiger partial charge in [0.1, 0.15) is 5.82 Å². The van der Waals surface area contributed by atoms with Crippen LogP contribution >= 0.6 is 0 Å². The molecule has 19 heavy (non-hydrogen) atoms. The average molecular weight is 261 g/mol.